The maximum atomic E-state index is 6.06. The molecule has 0 saturated heterocycles. The van der Waals surface area contributed by atoms with Crippen LogP contribution in [0.1, 0.15) is 50.5 Å². The molecular formula is C20H27N. The minimum absolute atomic E-state index is 0.657. The van der Waals surface area contributed by atoms with Crippen molar-refractivity contribution < 1.29 is 0 Å². The summed E-state index contributed by atoms with van der Waals surface area (Å²) < 4.78 is 0. The summed E-state index contributed by atoms with van der Waals surface area (Å²) in [5, 5.41) is 2.70. The van der Waals surface area contributed by atoms with Crippen LogP contribution in [-0.4, -0.2) is 6.54 Å². The topological polar surface area (TPSA) is 26.0 Å². The van der Waals surface area contributed by atoms with Gasteiger partial charge in [0.05, 0.1) is 0 Å². The normalized spacial score (nSPS) is 26.1. The van der Waals surface area contributed by atoms with Gasteiger partial charge in [0.25, 0.3) is 0 Å². The van der Waals surface area contributed by atoms with Crippen LogP contribution in [0.15, 0.2) is 42.5 Å². The molecule has 1 heteroatoms. The van der Waals surface area contributed by atoms with Gasteiger partial charge in [-0.15, -0.1) is 0 Å². The monoisotopic (exact) mass is 281 g/mol. The van der Waals surface area contributed by atoms with Crippen LogP contribution in [0.2, 0.25) is 0 Å². The number of hydrogen-bond acceptors (Lipinski definition) is 1. The summed E-state index contributed by atoms with van der Waals surface area (Å²) in [6, 6.07) is 15.7. The largest absolute Gasteiger partial charge is 0.330 e. The Morgan fingerprint density at radius 3 is 2.62 bits per heavy atom. The van der Waals surface area contributed by atoms with Crippen molar-refractivity contribution in [3.05, 3.63) is 48.0 Å². The molecule has 0 spiro atoms. The van der Waals surface area contributed by atoms with Crippen LogP contribution in [0.5, 0.6) is 0 Å². The highest BCUT2D eigenvalue weighted by molar-refractivity contribution is 5.83. The fourth-order valence-corrected chi connectivity index (χ4v) is 4.12. The minimum atomic E-state index is 0.657. The first-order valence-corrected chi connectivity index (χ1v) is 8.50. The third kappa shape index (κ3) is 3.13. The lowest BCUT2D eigenvalue weighted by Gasteiger charge is -2.36. The number of rotatable bonds is 4. The zero-order chi connectivity index (χ0) is 14.7. The van der Waals surface area contributed by atoms with Crippen molar-refractivity contribution in [3.63, 3.8) is 0 Å². The summed E-state index contributed by atoms with van der Waals surface area (Å²) in [5.74, 6) is 2.22. The van der Waals surface area contributed by atoms with Crippen LogP contribution in [-0.2, 0) is 0 Å². The number of fused-ring (bicyclic) bond motifs is 1. The van der Waals surface area contributed by atoms with Gasteiger partial charge >= 0.3 is 0 Å². The fourth-order valence-electron chi connectivity index (χ4n) is 4.12. The first kappa shape index (κ1) is 14.6. The second kappa shape index (κ2) is 6.62. The van der Waals surface area contributed by atoms with Crippen LogP contribution < -0.4 is 5.73 Å². The molecule has 1 aliphatic carbocycles. The molecule has 0 bridgehead atoms. The quantitative estimate of drug-likeness (QED) is 0.829. The molecule has 21 heavy (non-hydrogen) atoms. The lowest BCUT2D eigenvalue weighted by Crippen LogP contribution is -2.29. The standard InChI is InChI=1S/C20H27N/c1-2-5-15-8-9-19(14-21)20(12-15)18-11-10-16-6-3-4-7-17(16)13-18/h3-4,6-7,10-11,13,15,19-20H,2,5,8-9,12,14,21H2,1H3. The molecule has 3 rings (SSSR count). The molecule has 1 aliphatic rings. The zero-order valence-electron chi connectivity index (χ0n) is 13.1. The molecule has 0 aromatic heterocycles. The average Bonchev–Trinajstić information content (AvgIpc) is 2.54. The molecule has 1 nitrogen and oxygen atoms in total. The molecular weight excluding hydrogens is 254 g/mol. The third-order valence-corrected chi connectivity index (χ3v) is 5.30. The van der Waals surface area contributed by atoms with E-state index in [4.69, 9.17) is 5.73 Å². The van der Waals surface area contributed by atoms with Gasteiger partial charge in [0, 0.05) is 0 Å². The van der Waals surface area contributed by atoms with E-state index in [-0.39, 0.29) is 0 Å². The molecule has 0 aliphatic heterocycles. The molecule has 0 radical (unpaired) electrons. The summed E-state index contributed by atoms with van der Waals surface area (Å²) in [5.41, 5.74) is 7.57. The van der Waals surface area contributed by atoms with E-state index in [1.165, 1.54) is 48.4 Å². The molecule has 0 amide bonds. The van der Waals surface area contributed by atoms with Gasteiger partial charge in [-0.05, 0) is 53.5 Å². The molecule has 112 valence electrons. The van der Waals surface area contributed by atoms with E-state index in [9.17, 15) is 0 Å². The Balaban J connectivity index is 1.89. The molecule has 0 heterocycles. The number of benzene rings is 2. The first-order chi connectivity index (χ1) is 10.3. The van der Waals surface area contributed by atoms with E-state index in [2.05, 4.69) is 49.4 Å². The predicted molar refractivity (Wildman–Crippen MR) is 91.5 cm³/mol. The van der Waals surface area contributed by atoms with Gasteiger partial charge in [-0.2, -0.15) is 0 Å². The van der Waals surface area contributed by atoms with Crippen LogP contribution in [0.3, 0.4) is 0 Å². The first-order valence-electron chi connectivity index (χ1n) is 8.50. The maximum absolute atomic E-state index is 6.06. The van der Waals surface area contributed by atoms with Gasteiger partial charge < -0.3 is 5.73 Å². The van der Waals surface area contributed by atoms with E-state index < -0.39 is 0 Å². The van der Waals surface area contributed by atoms with Gasteiger partial charge in [0.1, 0.15) is 0 Å². The van der Waals surface area contributed by atoms with Crippen LogP contribution in [0.4, 0.5) is 0 Å². The molecule has 3 atom stereocenters. The molecule has 1 fully saturated rings. The molecule has 2 aromatic carbocycles. The molecule has 3 unspecified atom stereocenters. The van der Waals surface area contributed by atoms with Gasteiger partial charge in [0.2, 0.25) is 0 Å². The second-order valence-electron chi connectivity index (χ2n) is 6.68. The Morgan fingerprint density at radius 1 is 1.05 bits per heavy atom. The zero-order valence-corrected chi connectivity index (χ0v) is 13.1. The second-order valence-corrected chi connectivity index (χ2v) is 6.68. The maximum Gasteiger partial charge on any atom is -0.00430 e. The van der Waals surface area contributed by atoms with E-state index in [0.717, 1.165) is 12.5 Å². The van der Waals surface area contributed by atoms with Gasteiger partial charge in [-0.3, -0.25) is 0 Å². The van der Waals surface area contributed by atoms with Crippen molar-refractivity contribution in [1.82, 2.24) is 0 Å². The van der Waals surface area contributed by atoms with Crippen molar-refractivity contribution in [2.24, 2.45) is 17.6 Å². The van der Waals surface area contributed by atoms with Crippen molar-refractivity contribution in [2.45, 2.75) is 44.9 Å². The van der Waals surface area contributed by atoms with Crippen molar-refractivity contribution in [3.8, 4) is 0 Å². The predicted octanol–water partition coefficient (Wildman–Crippen LogP) is 5.10. The third-order valence-electron chi connectivity index (χ3n) is 5.30. The van der Waals surface area contributed by atoms with Crippen LogP contribution >= 0.6 is 0 Å². The highest BCUT2D eigenvalue weighted by Gasteiger charge is 2.30. The summed E-state index contributed by atoms with van der Waals surface area (Å²) >= 11 is 0. The summed E-state index contributed by atoms with van der Waals surface area (Å²) in [7, 11) is 0. The number of nitrogens with two attached hydrogens (primary N) is 1. The molecule has 2 aromatic rings. The summed E-state index contributed by atoms with van der Waals surface area (Å²) in [6.45, 7) is 3.14. The number of hydrogen-bond donors (Lipinski definition) is 1. The lowest BCUT2D eigenvalue weighted by molar-refractivity contribution is 0.230. The van der Waals surface area contributed by atoms with E-state index >= 15 is 0 Å². The summed E-state index contributed by atoms with van der Waals surface area (Å²) in [6.07, 6.45) is 6.69. The van der Waals surface area contributed by atoms with Gasteiger partial charge in [-0.25, -0.2) is 0 Å². The highest BCUT2D eigenvalue weighted by atomic mass is 14.6. The Bertz CT molecular complexity index is 589. The van der Waals surface area contributed by atoms with E-state index in [0.29, 0.717) is 11.8 Å². The smallest absolute Gasteiger partial charge is 0.00430 e. The van der Waals surface area contributed by atoms with Crippen molar-refractivity contribution in [1.29, 1.82) is 0 Å². The average molecular weight is 281 g/mol. The highest BCUT2D eigenvalue weighted by Crippen LogP contribution is 2.42. The molecule has 1 saturated carbocycles. The van der Waals surface area contributed by atoms with Crippen molar-refractivity contribution in [2.75, 3.05) is 6.54 Å². The fraction of sp³-hybridized carbons (Fsp3) is 0.500. The Kier molecular flexibility index (Phi) is 4.60. The summed E-state index contributed by atoms with van der Waals surface area (Å²) in [4.78, 5) is 0. The van der Waals surface area contributed by atoms with Gasteiger partial charge in [0.15, 0.2) is 0 Å². The molecule has 2 N–H and O–H groups in total. The minimum Gasteiger partial charge on any atom is -0.330 e. The van der Waals surface area contributed by atoms with Crippen molar-refractivity contribution >= 4 is 10.8 Å². The van der Waals surface area contributed by atoms with Crippen LogP contribution in [0, 0.1) is 11.8 Å². The van der Waals surface area contributed by atoms with Crippen LogP contribution in [0.25, 0.3) is 10.8 Å². The Morgan fingerprint density at radius 2 is 1.86 bits per heavy atom. The lowest BCUT2D eigenvalue weighted by atomic mass is 9.70. The van der Waals surface area contributed by atoms with E-state index in [1.54, 1.807) is 0 Å². The van der Waals surface area contributed by atoms with Gasteiger partial charge in [-0.1, -0.05) is 68.7 Å². The van der Waals surface area contributed by atoms with E-state index in [1.807, 2.05) is 0 Å². The SMILES string of the molecule is CCCC1CCC(CN)C(c2ccc3ccccc3c2)C1. The Hall–Kier alpha value is -1.34. The Labute approximate surface area is 128 Å².